The summed E-state index contributed by atoms with van der Waals surface area (Å²) in [4.78, 5) is 2.13. The fourth-order valence-electron chi connectivity index (χ4n) is 2.16. The van der Waals surface area contributed by atoms with Gasteiger partial charge in [-0.1, -0.05) is 6.07 Å². The second-order valence-corrected chi connectivity index (χ2v) is 4.19. The maximum atomic E-state index is 13.2. The van der Waals surface area contributed by atoms with Crippen LogP contribution in [0.3, 0.4) is 0 Å². The number of aliphatic hydroxyl groups is 1. The van der Waals surface area contributed by atoms with E-state index in [-0.39, 0.29) is 12.4 Å². The van der Waals surface area contributed by atoms with Crippen molar-refractivity contribution in [2.45, 2.75) is 18.9 Å². The first-order valence-corrected chi connectivity index (χ1v) is 5.63. The van der Waals surface area contributed by atoms with Crippen LogP contribution < -0.4 is 10.6 Å². The van der Waals surface area contributed by atoms with Gasteiger partial charge in [-0.3, -0.25) is 0 Å². The summed E-state index contributed by atoms with van der Waals surface area (Å²) in [7, 11) is 0. The average molecular weight is 224 g/mol. The fourth-order valence-corrected chi connectivity index (χ4v) is 2.16. The van der Waals surface area contributed by atoms with Crippen LogP contribution in [0.5, 0.6) is 0 Å². The number of hydrogen-bond acceptors (Lipinski definition) is 3. The standard InChI is InChI=1S/C12H17FN2O/c13-9-3-4-10(11(14)8-16)12(7-9)15-5-1-2-6-15/h3-4,7,11,16H,1-2,5-6,8,14H2. The van der Waals surface area contributed by atoms with Crippen molar-refractivity contribution >= 4 is 5.69 Å². The van der Waals surface area contributed by atoms with E-state index in [2.05, 4.69) is 4.90 Å². The Hall–Kier alpha value is -1.13. The molecule has 0 saturated carbocycles. The minimum Gasteiger partial charge on any atom is -0.394 e. The molecule has 1 aliphatic heterocycles. The lowest BCUT2D eigenvalue weighted by atomic mass is 10.1. The molecule has 0 aliphatic carbocycles. The number of benzene rings is 1. The molecule has 1 aliphatic rings. The van der Waals surface area contributed by atoms with E-state index in [9.17, 15) is 4.39 Å². The number of rotatable bonds is 3. The van der Waals surface area contributed by atoms with Gasteiger partial charge in [0.25, 0.3) is 0 Å². The van der Waals surface area contributed by atoms with E-state index in [1.807, 2.05) is 0 Å². The van der Waals surface area contributed by atoms with E-state index < -0.39 is 6.04 Å². The Morgan fingerprint density at radius 3 is 2.69 bits per heavy atom. The van der Waals surface area contributed by atoms with Crippen LogP contribution >= 0.6 is 0 Å². The first kappa shape index (κ1) is 11.4. The lowest BCUT2D eigenvalue weighted by Gasteiger charge is -2.23. The van der Waals surface area contributed by atoms with Crippen molar-refractivity contribution in [3.63, 3.8) is 0 Å². The Kier molecular flexibility index (Phi) is 3.41. The average Bonchev–Trinajstić information content (AvgIpc) is 2.81. The van der Waals surface area contributed by atoms with Gasteiger partial charge in [0.1, 0.15) is 5.82 Å². The van der Waals surface area contributed by atoms with Crippen LogP contribution in [0.25, 0.3) is 0 Å². The molecular weight excluding hydrogens is 207 g/mol. The summed E-state index contributed by atoms with van der Waals surface area (Å²) in [5.41, 5.74) is 7.47. The van der Waals surface area contributed by atoms with E-state index in [0.717, 1.165) is 37.2 Å². The van der Waals surface area contributed by atoms with E-state index in [1.54, 1.807) is 6.07 Å². The van der Waals surface area contributed by atoms with Gasteiger partial charge in [-0.2, -0.15) is 0 Å². The molecule has 1 fully saturated rings. The highest BCUT2D eigenvalue weighted by Crippen LogP contribution is 2.28. The van der Waals surface area contributed by atoms with Crippen LogP contribution in [-0.4, -0.2) is 24.8 Å². The molecule has 4 heteroatoms. The van der Waals surface area contributed by atoms with Gasteiger partial charge < -0.3 is 15.7 Å². The molecule has 16 heavy (non-hydrogen) atoms. The maximum absolute atomic E-state index is 13.2. The molecule has 3 nitrogen and oxygen atoms in total. The number of nitrogens with zero attached hydrogens (tertiary/aromatic N) is 1. The Balaban J connectivity index is 2.35. The molecule has 0 aromatic heterocycles. The Morgan fingerprint density at radius 1 is 1.38 bits per heavy atom. The minimum atomic E-state index is -0.434. The highest BCUT2D eigenvalue weighted by Gasteiger charge is 2.19. The number of hydrogen-bond donors (Lipinski definition) is 2. The molecular formula is C12H17FN2O. The van der Waals surface area contributed by atoms with Crippen molar-refractivity contribution in [3.8, 4) is 0 Å². The van der Waals surface area contributed by atoms with E-state index in [4.69, 9.17) is 10.8 Å². The molecule has 0 amide bonds. The van der Waals surface area contributed by atoms with Crippen molar-refractivity contribution in [1.82, 2.24) is 0 Å². The van der Waals surface area contributed by atoms with Gasteiger partial charge in [-0.25, -0.2) is 4.39 Å². The summed E-state index contributed by atoms with van der Waals surface area (Å²) in [5, 5.41) is 9.09. The number of halogens is 1. The summed E-state index contributed by atoms with van der Waals surface area (Å²) in [6, 6.07) is 4.14. The number of aliphatic hydroxyl groups excluding tert-OH is 1. The highest BCUT2D eigenvalue weighted by molar-refractivity contribution is 5.56. The van der Waals surface area contributed by atoms with Crippen LogP contribution in [0.4, 0.5) is 10.1 Å². The van der Waals surface area contributed by atoms with Crippen molar-refractivity contribution in [2.24, 2.45) is 5.73 Å². The van der Waals surface area contributed by atoms with Gasteiger partial charge >= 0.3 is 0 Å². The van der Waals surface area contributed by atoms with E-state index in [1.165, 1.54) is 12.1 Å². The second-order valence-electron chi connectivity index (χ2n) is 4.19. The summed E-state index contributed by atoms with van der Waals surface area (Å²) in [5.74, 6) is -0.254. The molecule has 1 aromatic rings. The zero-order valence-electron chi connectivity index (χ0n) is 9.19. The van der Waals surface area contributed by atoms with E-state index >= 15 is 0 Å². The lowest BCUT2D eigenvalue weighted by molar-refractivity contribution is 0.268. The molecule has 0 radical (unpaired) electrons. The molecule has 88 valence electrons. The summed E-state index contributed by atoms with van der Waals surface area (Å²) in [6.45, 7) is 1.76. The van der Waals surface area contributed by atoms with Gasteiger partial charge in [0, 0.05) is 18.8 Å². The Labute approximate surface area is 94.7 Å². The Bertz CT molecular complexity index is 364. The van der Waals surface area contributed by atoms with Crippen LogP contribution in [-0.2, 0) is 0 Å². The third-order valence-electron chi connectivity index (χ3n) is 3.04. The molecule has 1 saturated heterocycles. The summed E-state index contributed by atoms with van der Waals surface area (Å²) in [6.07, 6.45) is 2.26. The molecule has 0 spiro atoms. The predicted octanol–water partition coefficient (Wildman–Crippen LogP) is 1.42. The van der Waals surface area contributed by atoms with Gasteiger partial charge in [0.15, 0.2) is 0 Å². The van der Waals surface area contributed by atoms with Crippen LogP contribution in [0, 0.1) is 5.82 Å². The van der Waals surface area contributed by atoms with Gasteiger partial charge in [-0.15, -0.1) is 0 Å². The van der Waals surface area contributed by atoms with Crippen molar-refractivity contribution < 1.29 is 9.50 Å². The lowest BCUT2D eigenvalue weighted by Crippen LogP contribution is -2.23. The maximum Gasteiger partial charge on any atom is 0.125 e. The van der Waals surface area contributed by atoms with Crippen LogP contribution in [0.2, 0.25) is 0 Å². The van der Waals surface area contributed by atoms with Gasteiger partial charge in [0.05, 0.1) is 12.6 Å². The van der Waals surface area contributed by atoms with Crippen molar-refractivity contribution in [1.29, 1.82) is 0 Å². The third-order valence-corrected chi connectivity index (χ3v) is 3.04. The molecule has 1 atom stereocenters. The predicted molar refractivity (Wildman–Crippen MR) is 61.9 cm³/mol. The summed E-state index contributed by atoms with van der Waals surface area (Å²) < 4.78 is 13.2. The SMILES string of the molecule is NC(CO)c1ccc(F)cc1N1CCCC1. The first-order chi connectivity index (χ1) is 7.72. The molecule has 0 bridgehead atoms. The third kappa shape index (κ3) is 2.18. The van der Waals surface area contributed by atoms with E-state index in [0.29, 0.717) is 0 Å². The fraction of sp³-hybridized carbons (Fsp3) is 0.500. The minimum absolute atomic E-state index is 0.119. The topological polar surface area (TPSA) is 49.5 Å². The summed E-state index contributed by atoms with van der Waals surface area (Å²) >= 11 is 0. The number of nitrogens with two attached hydrogens (primary N) is 1. The highest BCUT2D eigenvalue weighted by atomic mass is 19.1. The van der Waals surface area contributed by atoms with Crippen LogP contribution in [0.1, 0.15) is 24.4 Å². The molecule has 3 N–H and O–H groups in total. The molecule has 2 rings (SSSR count). The zero-order chi connectivity index (χ0) is 11.5. The van der Waals surface area contributed by atoms with Crippen molar-refractivity contribution in [3.05, 3.63) is 29.6 Å². The normalized spacial score (nSPS) is 17.8. The van der Waals surface area contributed by atoms with Gasteiger partial charge in [0.2, 0.25) is 0 Å². The molecule has 1 unspecified atom stereocenters. The molecule has 1 heterocycles. The van der Waals surface area contributed by atoms with Gasteiger partial charge in [-0.05, 0) is 30.5 Å². The smallest absolute Gasteiger partial charge is 0.125 e. The monoisotopic (exact) mass is 224 g/mol. The van der Waals surface area contributed by atoms with Crippen molar-refractivity contribution in [2.75, 3.05) is 24.6 Å². The Morgan fingerprint density at radius 2 is 2.06 bits per heavy atom. The largest absolute Gasteiger partial charge is 0.394 e. The zero-order valence-corrected chi connectivity index (χ0v) is 9.19. The second kappa shape index (κ2) is 4.80. The first-order valence-electron chi connectivity index (χ1n) is 5.63. The quantitative estimate of drug-likeness (QED) is 0.816. The van der Waals surface area contributed by atoms with Crippen LogP contribution in [0.15, 0.2) is 18.2 Å². The number of anilines is 1. The molecule has 1 aromatic carbocycles.